The number of benzene rings is 2. The molecule has 0 radical (unpaired) electrons. The first-order valence-electron chi connectivity index (χ1n) is 8.77. The van der Waals surface area contributed by atoms with Crippen molar-refractivity contribution in [3.05, 3.63) is 89.8 Å². The Bertz CT molecular complexity index is 846. The molecule has 3 rings (SSSR count). The van der Waals surface area contributed by atoms with E-state index >= 15 is 0 Å². The summed E-state index contributed by atoms with van der Waals surface area (Å²) in [5.41, 5.74) is 6.00. The van der Waals surface area contributed by atoms with Crippen LogP contribution in [0.5, 0.6) is 5.75 Å². The third-order valence-electron chi connectivity index (χ3n) is 4.39. The zero-order chi connectivity index (χ0) is 17.6. The molecule has 0 unspecified atom stereocenters. The number of nitrogens with zero attached hydrogens (tertiary/aromatic N) is 1. The van der Waals surface area contributed by atoms with Gasteiger partial charge in [-0.25, -0.2) is 0 Å². The van der Waals surface area contributed by atoms with Gasteiger partial charge in [0.15, 0.2) is 0 Å². The van der Waals surface area contributed by atoms with E-state index in [1.807, 2.05) is 12.1 Å². The molecule has 1 aromatic heterocycles. The summed E-state index contributed by atoms with van der Waals surface area (Å²) < 4.78 is 8.26. The second-order valence-electron chi connectivity index (χ2n) is 6.35. The number of para-hydroxylation sites is 1. The van der Waals surface area contributed by atoms with E-state index in [1.54, 1.807) is 0 Å². The molecule has 128 valence electrons. The number of hydrogen-bond donors (Lipinski definition) is 0. The maximum Gasteiger partial charge on any atom is 0.122 e. The van der Waals surface area contributed by atoms with Gasteiger partial charge in [0.1, 0.15) is 5.75 Å². The number of aryl methyl sites for hydroxylation is 3. The second-order valence-corrected chi connectivity index (χ2v) is 6.35. The summed E-state index contributed by atoms with van der Waals surface area (Å²) in [6.45, 7) is 8.84. The molecule has 0 fully saturated rings. The van der Waals surface area contributed by atoms with Crippen LogP contribution >= 0.6 is 0 Å². The molecule has 2 heteroatoms. The lowest BCUT2D eigenvalue weighted by Gasteiger charge is -2.13. The van der Waals surface area contributed by atoms with E-state index in [1.165, 1.54) is 22.5 Å². The Kier molecular flexibility index (Phi) is 5.39. The van der Waals surface area contributed by atoms with E-state index in [4.69, 9.17) is 4.74 Å². The smallest absolute Gasteiger partial charge is 0.122 e. The minimum absolute atomic E-state index is 0.716. The Labute approximate surface area is 150 Å². The molecule has 3 aromatic rings. The topological polar surface area (TPSA) is 14.2 Å². The van der Waals surface area contributed by atoms with E-state index in [0.717, 1.165) is 24.3 Å². The summed E-state index contributed by atoms with van der Waals surface area (Å²) in [5.74, 6) is 0.991. The molecule has 0 N–H and O–H groups in total. The molecule has 2 nitrogen and oxygen atoms in total. The first-order valence-corrected chi connectivity index (χ1v) is 8.77. The van der Waals surface area contributed by atoms with E-state index in [2.05, 4.69) is 79.6 Å². The molecule has 0 amide bonds. The van der Waals surface area contributed by atoms with E-state index < -0.39 is 0 Å². The largest absolute Gasteiger partial charge is 0.493 e. The summed E-state index contributed by atoms with van der Waals surface area (Å²) >= 11 is 0. The van der Waals surface area contributed by atoms with Gasteiger partial charge >= 0.3 is 0 Å². The Morgan fingerprint density at radius 2 is 1.80 bits per heavy atom. The van der Waals surface area contributed by atoms with Gasteiger partial charge in [-0.2, -0.15) is 0 Å². The van der Waals surface area contributed by atoms with Crippen molar-refractivity contribution in [3.8, 4) is 11.4 Å². The van der Waals surface area contributed by atoms with Crippen LogP contribution in [0.4, 0.5) is 0 Å². The van der Waals surface area contributed by atoms with Crippen LogP contribution in [0.25, 0.3) is 11.8 Å². The SMILES string of the molecule is C=Cc1ccc(CCCOc2cc(C)ccc2C)n1-c1ccccc1. The third-order valence-corrected chi connectivity index (χ3v) is 4.39. The molecule has 0 atom stereocenters. The van der Waals surface area contributed by atoms with E-state index in [-0.39, 0.29) is 0 Å². The lowest BCUT2D eigenvalue weighted by molar-refractivity contribution is 0.308. The van der Waals surface area contributed by atoms with Crippen LogP contribution in [0, 0.1) is 13.8 Å². The molecule has 0 saturated heterocycles. The van der Waals surface area contributed by atoms with Gasteiger partial charge in [-0.3, -0.25) is 0 Å². The summed E-state index contributed by atoms with van der Waals surface area (Å²) in [5, 5.41) is 0. The van der Waals surface area contributed by atoms with Crippen LogP contribution in [0.15, 0.2) is 67.2 Å². The number of hydrogen-bond acceptors (Lipinski definition) is 1. The number of aromatic nitrogens is 1. The Morgan fingerprint density at radius 3 is 2.56 bits per heavy atom. The van der Waals surface area contributed by atoms with Crippen molar-refractivity contribution >= 4 is 6.08 Å². The zero-order valence-corrected chi connectivity index (χ0v) is 15.0. The highest BCUT2D eigenvalue weighted by atomic mass is 16.5. The highest BCUT2D eigenvalue weighted by Crippen LogP contribution is 2.21. The van der Waals surface area contributed by atoms with Gasteiger partial charge in [0, 0.05) is 17.1 Å². The predicted molar refractivity (Wildman–Crippen MR) is 106 cm³/mol. The summed E-state index contributed by atoms with van der Waals surface area (Å²) in [4.78, 5) is 0. The number of rotatable bonds is 7. The average Bonchev–Trinajstić information content (AvgIpc) is 3.05. The minimum Gasteiger partial charge on any atom is -0.493 e. The van der Waals surface area contributed by atoms with Crippen LogP contribution in [0.3, 0.4) is 0 Å². The highest BCUT2D eigenvalue weighted by Gasteiger charge is 2.08. The fraction of sp³-hybridized carbons (Fsp3) is 0.217. The highest BCUT2D eigenvalue weighted by molar-refractivity contribution is 5.50. The normalized spacial score (nSPS) is 10.6. The van der Waals surface area contributed by atoms with Crippen molar-refractivity contribution in [2.45, 2.75) is 26.7 Å². The summed E-state index contributed by atoms with van der Waals surface area (Å²) in [7, 11) is 0. The van der Waals surface area contributed by atoms with Crippen LogP contribution in [-0.4, -0.2) is 11.2 Å². The molecule has 1 heterocycles. The van der Waals surface area contributed by atoms with Gasteiger partial charge in [-0.15, -0.1) is 0 Å². The Hall–Kier alpha value is -2.74. The van der Waals surface area contributed by atoms with Gasteiger partial charge in [-0.05, 0) is 74.2 Å². The fourth-order valence-electron chi connectivity index (χ4n) is 3.04. The molecule has 2 aromatic carbocycles. The van der Waals surface area contributed by atoms with Crippen molar-refractivity contribution in [1.29, 1.82) is 0 Å². The third kappa shape index (κ3) is 4.03. The van der Waals surface area contributed by atoms with Crippen LogP contribution < -0.4 is 4.74 Å². The maximum atomic E-state index is 5.99. The van der Waals surface area contributed by atoms with Crippen molar-refractivity contribution in [2.75, 3.05) is 6.61 Å². The average molecular weight is 331 g/mol. The molecule has 0 bridgehead atoms. The predicted octanol–water partition coefficient (Wildman–Crippen LogP) is 5.75. The summed E-state index contributed by atoms with van der Waals surface area (Å²) in [6, 6.07) is 21.1. The van der Waals surface area contributed by atoms with Gasteiger partial charge in [0.25, 0.3) is 0 Å². The van der Waals surface area contributed by atoms with Crippen molar-refractivity contribution in [3.63, 3.8) is 0 Å². The Morgan fingerprint density at radius 1 is 1.00 bits per heavy atom. The monoisotopic (exact) mass is 331 g/mol. The van der Waals surface area contributed by atoms with Gasteiger partial charge in [0.05, 0.1) is 6.61 Å². The van der Waals surface area contributed by atoms with Gasteiger partial charge in [0.2, 0.25) is 0 Å². The van der Waals surface area contributed by atoms with Crippen LogP contribution in [-0.2, 0) is 6.42 Å². The Balaban J connectivity index is 1.67. The van der Waals surface area contributed by atoms with Gasteiger partial charge in [-0.1, -0.05) is 36.9 Å². The first kappa shape index (κ1) is 17.1. The molecule has 0 spiro atoms. The van der Waals surface area contributed by atoms with Crippen molar-refractivity contribution < 1.29 is 4.74 Å². The molecule has 0 aliphatic carbocycles. The molecule has 0 aliphatic rings. The maximum absolute atomic E-state index is 5.99. The molecule has 0 saturated carbocycles. The molecule has 0 aliphatic heterocycles. The van der Waals surface area contributed by atoms with Crippen molar-refractivity contribution in [1.82, 2.24) is 4.57 Å². The zero-order valence-electron chi connectivity index (χ0n) is 15.0. The quantitative estimate of drug-likeness (QED) is 0.503. The van der Waals surface area contributed by atoms with Crippen molar-refractivity contribution in [2.24, 2.45) is 0 Å². The van der Waals surface area contributed by atoms with E-state index in [0.29, 0.717) is 6.61 Å². The molecular formula is C23H25NO. The van der Waals surface area contributed by atoms with Gasteiger partial charge < -0.3 is 9.30 Å². The minimum atomic E-state index is 0.716. The first-order chi connectivity index (χ1) is 12.2. The standard InChI is InChI=1S/C23H25NO/c1-4-20-14-15-22(24(20)21-9-6-5-7-10-21)11-8-16-25-23-17-18(2)12-13-19(23)3/h4-7,9-10,12-15,17H,1,8,11,16H2,2-3H3. The summed E-state index contributed by atoms with van der Waals surface area (Å²) in [6.07, 6.45) is 3.84. The van der Waals surface area contributed by atoms with Crippen LogP contribution in [0.1, 0.15) is 28.9 Å². The second kappa shape index (κ2) is 7.89. The molecule has 25 heavy (non-hydrogen) atoms. The molecular weight excluding hydrogens is 306 g/mol. The lowest BCUT2D eigenvalue weighted by atomic mass is 10.1. The van der Waals surface area contributed by atoms with Crippen LogP contribution in [0.2, 0.25) is 0 Å². The lowest BCUT2D eigenvalue weighted by Crippen LogP contribution is -2.05. The number of ether oxygens (including phenoxy) is 1. The fourth-order valence-corrected chi connectivity index (χ4v) is 3.04. The van der Waals surface area contributed by atoms with E-state index in [9.17, 15) is 0 Å².